The molecule has 1 aromatic heterocycles. The lowest BCUT2D eigenvalue weighted by molar-refractivity contribution is 0.00644. The molecule has 24 heavy (non-hydrogen) atoms. The van der Waals surface area contributed by atoms with Crippen molar-refractivity contribution in [3.63, 3.8) is 0 Å². The number of aliphatic hydroxyl groups excluding tert-OH is 1. The minimum atomic E-state index is -0.750. The van der Waals surface area contributed by atoms with Gasteiger partial charge in [0, 0.05) is 25.4 Å². The van der Waals surface area contributed by atoms with E-state index >= 15 is 0 Å². The van der Waals surface area contributed by atoms with Crippen LogP contribution in [0.3, 0.4) is 0 Å². The van der Waals surface area contributed by atoms with Gasteiger partial charge in [0.1, 0.15) is 5.60 Å². The molecule has 1 saturated carbocycles. The number of aliphatic hydroxyl groups is 1. The minimum Gasteiger partial charge on any atom is -0.456 e. The zero-order valence-corrected chi connectivity index (χ0v) is 14.3. The van der Waals surface area contributed by atoms with Gasteiger partial charge in [-0.2, -0.15) is 0 Å². The number of carbonyl (C=O) groups excluding carboxylic acids is 2. The number of aromatic nitrogens is 1. The largest absolute Gasteiger partial charge is 0.456 e. The Morgan fingerprint density at radius 3 is 2.38 bits per heavy atom. The van der Waals surface area contributed by atoms with Crippen molar-refractivity contribution in [1.82, 2.24) is 9.58 Å². The number of hydrogen-bond donors (Lipinski definition) is 2. The Bertz CT molecular complexity index is 711. The van der Waals surface area contributed by atoms with Gasteiger partial charge in [-0.3, -0.25) is 14.6 Å². The highest BCUT2D eigenvalue weighted by Crippen LogP contribution is 2.31. The van der Waals surface area contributed by atoms with Gasteiger partial charge in [-0.05, 0) is 33.6 Å². The highest BCUT2D eigenvalue weighted by molar-refractivity contribution is 6.04. The molecule has 1 aliphatic rings. The number of carbonyl (C=O) groups is 2. The van der Waals surface area contributed by atoms with Gasteiger partial charge in [-0.1, -0.05) is 0 Å². The lowest BCUT2D eigenvalue weighted by atomic mass is 9.89. The molecule has 0 saturated heterocycles. The molecule has 1 fully saturated rings. The van der Waals surface area contributed by atoms with Crippen LogP contribution in [0.15, 0.2) is 17.1 Å². The van der Waals surface area contributed by atoms with Gasteiger partial charge in [0.05, 0.1) is 17.2 Å². The fraction of sp³-hybridized carbons (Fsp3) is 0.562. The van der Waals surface area contributed by atoms with E-state index in [0.717, 1.165) is 11.1 Å². The van der Waals surface area contributed by atoms with Crippen molar-refractivity contribution in [3.05, 3.63) is 33.7 Å². The highest BCUT2D eigenvalue weighted by Gasteiger charge is 2.32. The van der Waals surface area contributed by atoms with E-state index in [9.17, 15) is 19.5 Å². The summed E-state index contributed by atoms with van der Waals surface area (Å²) in [7, 11) is 1.33. The van der Waals surface area contributed by atoms with Crippen LogP contribution in [0.1, 0.15) is 60.4 Å². The first-order valence-electron chi connectivity index (χ1n) is 7.70. The third-order valence-corrected chi connectivity index (χ3v) is 3.73. The Hall–Kier alpha value is -2.19. The van der Waals surface area contributed by atoms with Crippen molar-refractivity contribution < 1.29 is 19.4 Å². The maximum Gasteiger partial charge on any atom is 0.340 e. The van der Waals surface area contributed by atoms with Crippen LogP contribution in [-0.4, -0.2) is 45.3 Å². The Morgan fingerprint density at radius 2 is 1.92 bits per heavy atom. The minimum absolute atomic E-state index is 0.0202. The van der Waals surface area contributed by atoms with Crippen LogP contribution in [0.2, 0.25) is 0 Å². The van der Waals surface area contributed by atoms with E-state index < -0.39 is 29.1 Å². The topological polar surface area (TPSA) is 115 Å². The third kappa shape index (κ3) is 3.82. The fourth-order valence-corrected chi connectivity index (χ4v) is 2.48. The van der Waals surface area contributed by atoms with E-state index in [-0.39, 0.29) is 17.2 Å². The Labute approximate surface area is 139 Å². The Balaban J connectivity index is 2.50. The average molecular weight is 337 g/mol. The van der Waals surface area contributed by atoms with Gasteiger partial charge in [-0.25, -0.2) is 10.6 Å². The molecule has 1 heterocycles. The first-order chi connectivity index (χ1) is 11.0. The molecule has 8 heteroatoms. The molecule has 1 amide bonds. The van der Waals surface area contributed by atoms with Gasteiger partial charge in [0.25, 0.3) is 11.5 Å². The number of ether oxygens (including phenoxy) is 1. The molecule has 0 atom stereocenters. The van der Waals surface area contributed by atoms with Gasteiger partial charge < -0.3 is 14.4 Å². The van der Waals surface area contributed by atoms with Gasteiger partial charge in [-0.15, -0.1) is 0 Å². The van der Waals surface area contributed by atoms with Gasteiger partial charge >= 0.3 is 5.97 Å². The molecule has 3 N–H and O–H groups in total. The summed E-state index contributed by atoms with van der Waals surface area (Å²) in [4.78, 5) is 37.0. The van der Waals surface area contributed by atoms with E-state index in [1.54, 1.807) is 20.8 Å². The number of hydrogen-bond acceptors (Lipinski definition) is 6. The summed E-state index contributed by atoms with van der Waals surface area (Å²) in [5, 5.41) is 10.2. The zero-order chi connectivity index (χ0) is 18.2. The number of amides is 1. The standard InChI is InChI=1S/C16H23N3O5/c1-16(2,3)24-15(23)12-8-19(9-5-10(20)6-9)13(21)7-11(12)14(22)18(4)17/h7-10,20H,5-6,17H2,1-4H3. The molecule has 0 unspecified atom stereocenters. The normalized spacial score (nSPS) is 20.2. The molecule has 0 spiro atoms. The van der Waals surface area contributed by atoms with Gasteiger partial charge in [0.15, 0.2) is 0 Å². The molecule has 0 aliphatic heterocycles. The van der Waals surface area contributed by atoms with Crippen LogP contribution in [-0.2, 0) is 4.74 Å². The molecule has 0 aromatic carbocycles. The average Bonchev–Trinajstić information content (AvgIpc) is 2.41. The maximum absolute atomic E-state index is 12.5. The van der Waals surface area contributed by atoms with Crippen LogP contribution in [0.5, 0.6) is 0 Å². The molecular weight excluding hydrogens is 314 g/mol. The molecule has 0 bridgehead atoms. The monoisotopic (exact) mass is 337 g/mol. The predicted molar refractivity (Wildman–Crippen MR) is 86.4 cm³/mol. The lowest BCUT2D eigenvalue weighted by Crippen LogP contribution is -2.40. The first kappa shape index (κ1) is 18.2. The number of pyridine rings is 1. The van der Waals surface area contributed by atoms with Crippen LogP contribution < -0.4 is 11.4 Å². The summed E-state index contributed by atoms with van der Waals surface area (Å²) in [6, 6.07) is 0.892. The Morgan fingerprint density at radius 1 is 1.33 bits per heavy atom. The molecule has 1 aliphatic carbocycles. The molecule has 132 valence electrons. The van der Waals surface area contributed by atoms with Crippen molar-refractivity contribution in [2.75, 3.05) is 7.05 Å². The Kier molecular flexibility index (Phi) is 4.82. The van der Waals surface area contributed by atoms with Crippen LogP contribution in [0, 0.1) is 0 Å². The second-order valence-electron chi connectivity index (χ2n) is 7.04. The van der Waals surface area contributed by atoms with Crippen LogP contribution >= 0.6 is 0 Å². The van der Waals surface area contributed by atoms with Crippen LogP contribution in [0.4, 0.5) is 0 Å². The molecule has 2 rings (SSSR count). The number of rotatable bonds is 3. The molecule has 0 radical (unpaired) electrons. The van der Waals surface area contributed by atoms with Crippen molar-refractivity contribution in [2.45, 2.75) is 51.4 Å². The summed E-state index contributed by atoms with van der Waals surface area (Å²) >= 11 is 0. The number of hydrazine groups is 1. The van der Waals surface area contributed by atoms with Crippen molar-refractivity contribution in [1.29, 1.82) is 0 Å². The predicted octanol–water partition coefficient (Wildman–Crippen LogP) is 0.445. The lowest BCUT2D eigenvalue weighted by Gasteiger charge is -2.33. The van der Waals surface area contributed by atoms with E-state index in [1.807, 2.05) is 0 Å². The van der Waals surface area contributed by atoms with Gasteiger partial charge in [0.2, 0.25) is 0 Å². The number of esters is 1. The summed E-state index contributed by atoms with van der Waals surface area (Å²) in [5.74, 6) is 4.09. The smallest absolute Gasteiger partial charge is 0.340 e. The van der Waals surface area contributed by atoms with E-state index in [1.165, 1.54) is 17.8 Å². The summed E-state index contributed by atoms with van der Waals surface area (Å²) in [5.41, 5.74) is -1.30. The van der Waals surface area contributed by atoms with E-state index in [2.05, 4.69) is 0 Å². The van der Waals surface area contributed by atoms with E-state index in [0.29, 0.717) is 12.8 Å². The third-order valence-electron chi connectivity index (χ3n) is 3.73. The molecule has 1 aromatic rings. The summed E-state index contributed by atoms with van der Waals surface area (Å²) < 4.78 is 6.69. The number of nitrogens with two attached hydrogens (primary N) is 1. The van der Waals surface area contributed by atoms with Crippen molar-refractivity contribution in [3.8, 4) is 0 Å². The second-order valence-corrected chi connectivity index (χ2v) is 7.04. The summed E-state index contributed by atoms with van der Waals surface area (Å²) in [6.07, 6.45) is 1.72. The maximum atomic E-state index is 12.5. The quantitative estimate of drug-likeness (QED) is 0.358. The molecular formula is C16H23N3O5. The number of nitrogens with zero attached hydrogens (tertiary/aromatic N) is 2. The zero-order valence-electron chi connectivity index (χ0n) is 14.3. The SMILES string of the molecule is CN(N)C(=O)c1cc(=O)n(C2CC(O)C2)cc1C(=O)OC(C)(C)C. The molecule has 8 nitrogen and oxygen atoms in total. The van der Waals surface area contributed by atoms with E-state index in [4.69, 9.17) is 10.6 Å². The highest BCUT2D eigenvalue weighted by atomic mass is 16.6. The van der Waals surface area contributed by atoms with Crippen LogP contribution in [0.25, 0.3) is 0 Å². The van der Waals surface area contributed by atoms with Crippen molar-refractivity contribution >= 4 is 11.9 Å². The van der Waals surface area contributed by atoms with Crippen molar-refractivity contribution in [2.24, 2.45) is 5.84 Å². The summed E-state index contributed by atoms with van der Waals surface area (Å²) in [6.45, 7) is 5.12. The first-order valence-corrected chi connectivity index (χ1v) is 7.70. The fourth-order valence-electron chi connectivity index (χ4n) is 2.48. The second kappa shape index (κ2) is 6.37.